The lowest BCUT2D eigenvalue weighted by molar-refractivity contribution is 0.0685. The minimum absolute atomic E-state index is 0.145. The molecule has 2 N–H and O–H groups in total. The molecule has 0 aliphatic rings. The van der Waals surface area contributed by atoms with E-state index in [1.165, 1.54) is 10.7 Å². The number of benzene rings is 1. The second-order valence-electron chi connectivity index (χ2n) is 4.26. The first-order valence-corrected chi connectivity index (χ1v) is 5.98. The molecule has 0 amide bonds. The number of aromatic nitrogens is 3. The quantitative estimate of drug-likeness (QED) is 0.755. The van der Waals surface area contributed by atoms with Crippen LogP contribution in [0.15, 0.2) is 30.3 Å². The highest BCUT2D eigenvalue weighted by Crippen LogP contribution is 2.25. The van der Waals surface area contributed by atoms with E-state index in [-0.39, 0.29) is 5.69 Å². The largest absolute Gasteiger partial charge is 0.477 e. The van der Waals surface area contributed by atoms with E-state index in [9.17, 15) is 4.79 Å². The average Bonchev–Trinajstić information content (AvgIpc) is 2.91. The predicted octanol–water partition coefficient (Wildman–Crippen LogP) is 2.92. The fraction of sp³-hybridized carbons (Fsp3) is 0.0769. The average molecular weight is 276 g/mol. The number of fused-ring (bicyclic) bond motifs is 1. The van der Waals surface area contributed by atoms with Crippen LogP contribution in [-0.2, 0) is 7.05 Å². The van der Waals surface area contributed by atoms with Crippen molar-refractivity contribution in [2.24, 2.45) is 7.05 Å². The number of hydrogen-bond acceptors (Lipinski definition) is 2. The fourth-order valence-corrected chi connectivity index (χ4v) is 2.21. The summed E-state index contributed by atoms with van der Waals surface area (Å²) in [7, 11) is 1.60. The molecule has 0 saturated carbocycles. The molecule has 0 bridgehead atoms. The number of carbonyl (C=O) groups is 1. The Kier molecular flexibility index (Phi) is 2.57. The van der Waals surface area contributed by atoms with Gasteiger partial charge in [-0.1, -0.05) is 17.7 Å². The van der Waals surface area contributed by atoms with Crippen LogP contribution in [0, 0.1) is 0 Å². The van der Waals surface area contributed by atoms with E-state index in [0.29, 0.717) is 10.7 Å². The molecule has 1 aromatic carbocycles. The molecule has 0 aliphatic heterocycles. The van der Waals surface area contributed by atoms with Crippen molar-refractivity contribution >= 4 is 28.5 Å². The molecule has 0 atom stereocenters. The van der Waals surface area contributed by atoms with Gasteiger partial charge in [0.25, 0.3) is 0 Å². The maximum atomic E-state index is 11.0. The Morgan fingerprint density at radius 2 is 2.16 bits per heavy atom. The monoisotopic (exact) mass is 275 g/mol. The molecule has 0 spiro atoms. The number of hydrogen-bond donors (Lipinski definition) is 2. The summed E-state index contributed by atoms with van der Waals surface area (Å²) < 4.78 is 1.34. The van der Waals surface area contributed by atoms with Gasteiger partial charge in [0.05, 0.1) is 5.69 Å². The van der Waals surface area contributed by atoms with Crippen LogP contribution in [0.4, 0.5) is 0 Å². The molecule has 0 radical (unpaired) electrons. The molecule has 19 heavy (non-hydrogen) atoms. The Morgan fingerprint density at radius 1 is 1.37 bits per heavy atom. The lowest BCUT2D eigenvalue weighted by Gasteiger charge is -1.91. The summed E-state index contributed by atoms with van der Waals surface area (Å²) in [6.07, 6.45) is 0. The first-order chi connectivity index (χ1) is 9.04. The second kappa shape index (κ2) is 4.13. The zero-order chi connectivity index (χ0) is 13.6. The van der Waals surface area contributed by atoms with Crippen molar-refractivity contribution in [2.75, 3.05) is 0 Å². The van der Waals surface area contributed by atoms with Crippen molar-refractivity contribution in [1.82, 2.24) is 14.8 Å². The van der Waals surface area contributed by atoms with Crippen LogP contribution in [0.2, 0.25) is 5.02 Å². The van der Waals surface area contributed by atoms with E-state index in [2.05, 4.69) is 10.1 Å². The molecule has 6 heteroatoms. The van der Waals surface area contributed by atoms with Gasteiger partial charge in [-0.25, -0.2) is 4.79 Å². The van der Waals surface area contributed by atoms with Gasteiger partial charge in [0, 0.05) is 29.0 Å². The van der Waals surface area contributed by atoms with Crippen molar-refractivity contribution in [3.05, 3.63) is 41.0 Å². The zero-order valence-corrected chi connectivity index (χ0v) is 10.8. The zero-order valence-electron chi connectivity index (χ0n) is 10.0. The van der Waals surface area contributed by atoms with Crippen LogP contribution in [0.5, 0.6) is 0 Å². The number of carboxylic acid groups (broad SMARTS) is 1. The SMILES string of the molecule is Cn1nc(-c2cc3ccc(Cl)cc3[nH]2)cc1C(=O)O. The van der Waals surface area contributed by atoms with Crippen molar-refractivity contribution in [3.8, 4) is 11.4 Å². The molecule has 5 nitrogen and oxygen atoms in total. The number of carboxylic acids is 1. The van der Waals surface area contributed by atoms with Gasteiger partial charge in [-0.3, -0.25) is 4.68 Å². The summed E-state index contributed by atoms with van der Waals surface area (Å²) in [6, 6.07) is 8.98. The normalized spacial score (nSPS) is 11.1. The minimum atomic E-state index is -1.000. The van der Waals surface area contributed by atoms with Gasteiger partial charge in [0.1, 0.15) is 11.4 Å². The lowest BCUT2D eigenvalue weighted by Crippen LogP contribution is -2.04. The van der Waals surface area contributed by atoms with E-state index in [1.807, 2.05) is 24.3 Å². The smallest absolute Gasteiger partial charge is 0.354 e. The van der Waals surface area contributed by atoms with Crippen LogP contribution >= 0.6 is 11.6 Å². The third-order valence-electron chi connectivity index (χ3n) is 2.96. The number of halogens is 1. The number of aromatic carboxylic acids is 1. The third-order valence-corrected chi connectivity index (χ3v) is 3.19. The number of rotatable bonds is 2. The Hall–Kier alpha value is -2.27. The van der Waals surface area contributed by atoms with Gasteiger partial charge in [0.2, 0.25) is 0 Å². The highest BCUT2D eigenvalue weighted by Gasteiger charge is 2.14. The van der Waals surface area contributed by atoms with Crippen LogP contribution in [0.25, 0.3) is 22.3 Å². The van der Waals surface area contributed by atoms with E-state index >= 15 is 0 Å². The Morgan fingerprint density at radius 3 is 2.84 bits per heavy atom. The van der Waals surface area contributed by atoms with Crippen LogP contribution in [0.1, 0.15) is 10.5 Å². The highest BCUT2D eigenvalue weighted by molar-refractivity contribution is 6.31. The van der Waals surface area contributed by atoms with Gasteiger partial charge in [0.15, 0.2) is 0 Å². The van der Waals surface area contributed by atoms with Gasteiger partial charge >= 0.3 is 5.97 Å². The summed E-state index contributed by atoms with van der Waals surface area (Å²) in [6.45, 7) is 0. The van der Waals surface area contributed by atoms with E-state index in [4.69, 9.17) is 16.7 Å². The molecule has 2 aromatic heterocycles. The number of nitrogens with one attached hydrogen (secondary N) is 1. The first kappa shape index (κ1) is 11.8. The Balaban J connectivity index is 2.13. The first-order valence-electron chi connectivity index (χ1n) is 5.60. The minimum Gasteiger partial charge on any atom is -0.477 e. The van der Waals surface area contributed by atoms with Crippen LogP contribution in [-0.4, -0.2) is 25.8 Å². The van der Waals surface area contributed by atoms with Gasteiger partial charge < -0.3 is 10.1 Å². The molecule has 3 aromatic rings. The van der Waals surface area contributed by atoms with Gasteiger partial charge in [-0.05, 0) is 18.2 Å². The maximum absolute atomic E-state index is 11.0. The van der Waals surface area contributed by atoms with Crippen molar-refractivity contribution in [3.63, 3.8) is 0 Å². The fourth-order valence-electron chi connectivity index (χ4n) is 2.04. The molecule has 2 heterocycles. The third kappa shape index (κ3) is 1.98. The topological polar surface area (TPSA) is 70.9 Å². The predicted molar refractivity (Wildman–Crippen MR) is 72.5 cm³/mol. The summed E-state index contributed by atoms with van der Waals surface area (Å²) in [5.74, 6) is -1.000. The number of aryl methyl sites for hydroxylation is 1. The van der Waals surface area contributed by atoms with E-state index in [0.717, 1.165) is 16.6 Å². The molecule has 96 valence electrons. The van der Waals surface area contributed by atoms with E-state index in [1.54, 1.807) is 7.05 Å². The van der Waals surface area contributed by atoms with Crippen LogP contribution in [0.3, 0.4) is 0 Å². The van der Waals surface area contributed by atoms with Crippen molar-refractivity contribution < 1.29 is 9.90 Å². The second-order valence-corrected chi connectivity index (χ2v) is 4.69. The number of nitrogens with zero attached hydrogens (tertiary/aromatic N) is 2. The summed E-state index contributed by atoms with van der Waals surface area (Å²) in [4.78, 5) is 14.2. The standard InChI is InChI=1S/C13H10ClN3O2/c1-17-12(13(18)19)6-11(16-17)10-4-7-2-3-8(14)5-9(7)15-10/h2-6,15H,1H3,(H,18,19). The Bertz CT molecular complexity index is 788. The molecular formula is C13H10ClN3O2. The molecular weight excluding hydrogens is 266 g/mol. The Labute approximate surface area is 113 Å². The summed E-state index contributed by atoms with van der Waals surface area (Å²) in [5, 5.41) is 14.9. The number of aromatic amines is 1. The maximum Gasteiger partial charge on any atom is 0.354 e. The molecule has 0 fully saturated rings. The molecule has 0 unspecified atom stereocenters. The van der Waals surface area contributed by atoms with Crippen molar-refractivity contribution in [1.29, 1.82) is 0 Å². The van der Waals surface area contributed by atoms with Gasteiger partial charge in [-0.2, -0.15) is 5.10 Å². The van der Waals surface area contributed by atoms with Crippen LogP contribution < -0.4 is 0 Å². The number of H-pyrrole nitrogens is 1. The van der Waals surface area contributed by atoms with Crippen molar-refractivity contribution in [2.45, 2.75) is 0 Å². The molecule has 0 saturated heterocycles. The summed E-state index contributed by atoms with van der Waals surface area (Å²) in [5.41, 5.74) is 2.39. The van der Waals surface area contributed by atoms with Gasteiger partial charge in [-0.15, -0.1) is 0 Å². The lowest BCUT2D eigenvalue weighted by atomic mass is 10.2. The molecule has 0 aliphatic carbocycles. The summed E-state index contributed by atoms with van der Waals surface area (Å²) >= 11 is 5.93. The molecule has 3 rings (SSSR count). The highest BCUT2D eigenvalue weighted by atomic mass is 35.5. The van der Waals surface area contributed by atoms with E-state index < -0.39 is 5.97 Å².